The van der Waals surface area contributed by atoms with Crippen molar-refractivity contribution in [3.63, 3.8) is 0 Å². The third-order valence-electron chi connectivity index (χ3n) is 7.21. The third-order valence-corrected chi connectivity index (χ3v) is 9.42. The van der Waals surface area contributed by atoms with Crippen molar-refractivity contribution in [2.75, 3.05) is 23.7 Å². The van der Waals surface area contributed by atoms with Gasteiger partial charge in [0.25, 0.3) is 0 Å². The van der Waals surface area contributed by atoms with Crippen LogP contribution in [0.2, 0.25) is 0 Å². The maximum Gasteiger partial charge on any atom is 0.229 e. The highest BCUT2D eigenvalue weighted by Crippen LogP contribution is 2.37. The summed E-state index contributed by atoms with van der Waals surface area (Å²) in [4.78, 5) is 9.50. The van der Waals surface area contributed by atoms with E-state index < -0.39 is 15.1 Å². The third kappa shape index (κ3) is 6.36. The van der Waals surface area contributed by atoms with E-state index in [1.54, 1.807) is 49.0 Å². The summed E-state index contributed by atoms with van der Waals surface area (Å²) in [5, 5.41) is 13.8. The van der Waals surface area contributed by atoms with E-state index >= 15 is 0 Å². The summed E-state index contributed by atoms with van der Waals surface area (Å²) in [6.07, 6.45) is 7.49. The molecule has 4 aromatic rings. The lowest BCUT2D eigenvalue weighted by molar-refractivity contribution is 0.163. The van der Waals surface area contributed by atoms with Gasteiger partial charge in [0.1, 0.15) is 17.7 Å². The molecule has 0 spiro atoms. The maximum atomic E-state index is 13.0. The van der Waals surface area contributed by atoms with Gasteiger partial charge in [0.05, 0.1) is 27.7 Å². The minimum absolute atomic E-state index is 0.107. The number of aryl methyl sites for hydroxylation is 3. The van der Waals surface area contributed by atoms with Gasteiger partial charge in [-0.2, -0.15) is 10.1 Å². The molecule has 11 heteroatoms. The molecule has 1 fully saturated rings. The molecule has 5 rings (SSSR count). The lowest BCUT2D eigenvalue weighted by Crippen LogP contribution is -2.34. The SMILES string of the molecule is Cc1cc(OC2CCNCC2)c(Nc2ncc(C)c(Nc3ccccc3S(=O)(=O)C(C)C)n2)cc1-c1cnn(C)c1. The molecular formula is C30H37N7O3S. The van der Waals surface area contributed by atoms with Gasteiger partial charge < -0.3 is 20.7 Å². The smallest absolute Gasteiger partial charge is 0.229 e. The standard InChI is InChI=1S/C30H37N7O3S/c1-19(2)41(38,39)28-9-7-6-8-25(28)34-29-21(4)16-32-30(36-29)35-26-15-24(22-17-33-37(5)18-22)20(3)14-27(26)40-23-10-12-31-13-11-23/h6-9,14-19,23,31H,10-13H2,1-5H3,(H2,32,34,35,36). The van der Waals surface area contributed by atoms with E-state index in [4.69, 9.17) is 9.72 Å². The average molecular weight is 576 g/mol. The Morgan fingerprint density at radius 1 is 1.02 bits per heavy atom. The topological polar surface area (TPSA) is 123 Å². The predicted octanol–water partition coefficient (Wildman–Crippen LogP) is 5.29. The van der Waals surface area contributed by atoms with Crippen LogP contribution in [-0.4, -0.2) is 52.6 Å². The number of ether oxygens (including phenoxy) is 1. The normalized spacial score (nSPS) is 14.3. The van der Waals surface area contributed by atoms with E-state index in [1.807, 2.05) is 38.5 Å². The molecule has 41 heavy (non-hydrogen) atoms. The molecule has 0 aliphatic carbocycles. The number of anilines is 4. The number of nitrogens with zero attached hydrogens (tertiary/aromatic N) is 4. The summed E-state index contributed by atoms with van der Waals surface area (Å²) in [6.45, 7) is 9.14. The van der Waals surface area contributed by atoms with Crippen molar-refractivity contribution in [2.24, 2.45) is 7.05 Å². The molecule has 0 radical (unpaired) electrons. The lowest BCUT2D eigenvalue weighted by Gasteiger charge is -2.26. The number of piperidine rings is 1. The van der Waals surface area contributed by atoms with Gasteiger partial charge in [-0.1, -0.05) is 12.1 Å². The summed E-state index contributed by atoms with van der Waals surface area (Å²) in [5.74, 6) is 1.60. The van der Waals surface area contributed by atoms with Crippen LogP contribution >= 0.6 is 0 Å². The summed E-state index contributed by atoms with van der Waals surface area (Å²) < 4.78 is 34.3. The molecule has 2 aromatic heterocycles. The fourth-order valence-electron chi connectivity index (χ4n) is 4.79. The molecule has 0 unspecified atom stereocenters. The van der Waals surface area contributed by atoms with Gasteiger partial charge in [-0.3, -0.25) is 4.68 Å². The molecule has 2 aromatic carbocycles. The quantitative estimate of drug-likeness (QED) is 0.244. The summed E-state index contributed by atoms with van der Waals surface area (Å²) in [5.41, 5.74) is 5.08. The second kappa shape index (κ2) is 11.9. The first-order chi connectivity index (χ1) is 19.6. The largest absolute Gasteiger partial charge is 0.488 e. The highest BCUT2D eigenvalue weighted by molar-refractivity contribution is 7.92. The number of benzene rings is 2. The molecule has 0 saturated carbocycles. The molecule has 1 aliphatic heterocycles. The summed E-state index contributed by atoms with van der Waals surface area (Å²) >= 11 is 0. The number of hydrogen-bond donors (Lipinski definition) is 3. The van der Waals surface area contributed by atoms with E-state index in [9.17, 15) is 8.42 Å². The van der Waals surface area contributed by atoms with E-state index in [1.165, 1.54) is 0 Å². The van der Waals surface area contributed by atoms with Crippen LogP contribution in [0.1, 0.15) is 37.8 Å². The molecular weight excluding hydrogens is 538 g/mol. The number of para-hydroxylation sites is 1. The molecule has 1 aliphatic rings. The van der Waals surface area contributed by atoms with E-state index in [-0.39, 0.29) is 11.0 Å². The van der Waals surface area contributed by atoms with Crippen molar-refractivity contribution >= 4 is 33.0 Å². The Morgan fingerprint density at radius 3 is 2.49 bits per heavy atom. The number of hydrogen-bond acceptors (Lipinski definition) is 9. The van der Waals surface area contributed by atoms with Crippen LogP contribution in [0.25, 0.3) is 11.1 Å². The van der Waals surface area contributed by atoms with Gasteiger partial charge in [-0.15, -0.1) is 0 Å². The van der Waals surface area contributed by atoms with E-state index in [0.717, 1.165) is 59.6 Å². The van der Waals surface area contributed by atoms with Crippen LogP contribution in [-0.2, 0) is 16.9 Å². The van der Waals surface area contributed by atoms with E-state index in [0.29, 0.717) is 17.5 Å². The number of aromatic nitrogens is 4. The van der Waals surface area contributed by atoms with Gasteiger partial charge in [-0.25, -0.2) is 13.4 Å². The minimum atomic E-state index is -3.50. The Bertz CT molecular complexity index is 1640. The number of sulfone groups is 1. The van der Waals surface area contributed by atoms with Gasteiger partial charge in [0, 0.05) is 30.6 Å². The summed E-state index contributed by atoms with van der Waals surface area (Å²) in [7, 11) is -1.61. The fraction of sp³-hybridized carbons (Fsp3) is 0.367. The zero-order chi connectivity index (χ0) is 29.1. The van der Waals surface area contributed by atoms with Crippen molar-refractivity contribution in [2.45, 2.75) is 56.8 Å². The first-order valence-corrected chi connectivity index (χ1v) is 15.4. The molecule has 0 atom stereocenters. The van der Waals surface area contributed by atoms with Crippen LogP contribution in [0.3, 0.4) is 0 Å². The molecule has 10 nitrogen and oxygen atoms in total. The predicted molar refractivity (Wildman–Crippen MR) is 162 cm³/mol. The fourth-order valence-corrected chi connectivity index (χ4v) is 5.99. The highest BCUT2D eigenvalue weighted by atomic mass is 32.2. The monoisotopic (exact) mass is 575 g/mol. The molecule has 1 saturated heterocycles. The zero-order valence-electron chi connectivity index (χ0n) is 24.1. The highest BCUT2D eigenvalue weighted by Gasteiger charge is 2.23. The second-order valence-corrected chi connectivity index (χ2v) is 13.2. The Kier molecular flexibility index (Phi) is 8.27. The molecule has 0 amide bonds. The Labute approximate surface area is 241 Å². The van der Waals surface area contributed by atoms with Crippen molar-refractivity contribution in [1.29, 1.82) is 0 Å². The van der Waals surface area contributed by atoms with Gasteiger partial charge >= 0.3 is 0 Å². The van der Waals surface area contributed by atoms with Crippen LogP contribution in [0.5, 0.6) is 5.75 Å². The Balaban J connectivity index is 1.50. The molecule has 216 valence electrons. The van der Waals surface area contributed by atoms with Crippen molar-refractivity contribution in [1.82, 2.24) is 25.1 Å². The first-order valence-electron chi connectivity index (χ1n) is 13.8. The molecule has 0 bridgehead atoms. The first kappa shape index (κ1) is 28.6. The minimum Gasteiger partial charge on any atom is -0.488 e. The molecule has 3 heterocycles. The van der Waals surface area contributed by atoms with Crippen LogP contribution < -0.4 is 20.7 Å². The zero-order valence-corrected chi connectivity index (χ0v) is 24.9. The second-order valence-electron chi connectivity index (χ2n) is 10.7. The van der Waals surface area contributed by atoms with Gasteiger partial charge in [-0.05, 0) is 89.0 Å². The Morgan fingerprint density at radius 2 is 1.78 bits per heavy atom. The molecule has 3 N–H and O–H groups in total. The lowest BCUT2D eigenvalue weighted by atomic mass is 10.0. The van der Waals surface area contributed by atoms with Gasteiger partial charge in [0.15, 0.2) is 9.84 Å². The van der Waals surface area contributed by atoms with Crippen molar-refractivity contribution in [3.05, 3.63) is 66.1 Å². The average Bonchev–Trinajstić information content (AvgIpc) is 3.38. The van der Waals surface area contributed by atoms with Crippen LogP contribution in [0, 0.1) is 13.8 Å². The number of rotatable bonds is 9. The summed E-state index contributed by atoms with van der Waals surface area (Å²) in [6, 6.07) is 11.0. The van der Waals surface area contributed by atoms with Gasteiger partial charge in [0.2, 0.25) is 5.95 Å². The number of nitrogens with one attached hydrogen (secondary N) is 3. The van der Waals surface area contributed by atoms with E-state index in [2.05, 4.69) is 33.0 Å². The van der Waals surface area contributed by atoms with Crippen LogP contribution in [0.4, 0.5) is 23.1 Å². The van der Waals surface area contributed by atoms with Crippen LogP contribution in [0.15, 0.2) is 59.9 Å². The van der Waals surface area contributed by atoms with Crippen molar-refractivity contribution in [3.8, 4) is 16.9 Å². The Hall–Kier alpha value is -3.96. The van der Waals surface area contributed by atoms with Crippen molar-refractivity contribution < 1.29 is 13.2 Å². The maximum absolute atomic E-state index is 13.0.